The Morgan fingerprint density at radius 1 is 1.11 bits per heavy atom. The van der Waals surface area contributed by atoms with Gasteiger partial charge in [0.25, 0.3) is 0 Å². The van der Waals surface area contributed by atoms with E-state index in [1.807, 2.05) is 64.1 Å². The Kier molecular flexibility index (Phi) is 5.51. The molecule has 0 fully saturated rings. The lowest BCUT2D eigenvalue weighted by Gasteiger charge is -2.20. The summed E-state index contributed by atoms with van der Waals surface area (Å²) in [6.45, 7) is 8.07. The molecule has 0 atom stereocenters. The predicted molar refractivity (Wildman–Crippen MR) is 111 cm³/mol. The zero-order chi connectivity index (χ0) is 19.6. The lowest BCUT2D eigenvalue weighted by atomic mass is 9.91. The molecule has 5 heteroatoms. The number of hydrogen-bond acceptors (Lipinski definition) is 5. The molecule has 0 unspecified atom stereocenters. The fourth-order valence-corrected chi connectivity index (χ4v) is 3.86. The van der Waals surface area contributed by atoms with E-state index in [4.69, 9.17) is 9.47 Å². The number of carbonyl (C=O) groups excluding carboxylic acids is 1. The molecule has 0 amide bonds. The molecule has 0 bridgehead atoms. The van der Waals surface area contributed by atoms with Crippen molar-refractivity contribution >= 4 is 37.5 Å². The molecule has 3 rings (SSSR count). The highest BCUT2D eigenvalue weighted by Gasteiger charge is 2.26. The van der Waals surface area contributed by atoms with Crippen LogP contribution < -0.4 is 10.2 Å². The lowest BCUT2D eigenvalue weighted by Crippen LogP contribution is -2.27. The van der Waals surface area contributed by atoms with Gasteiger partial charge in [0.2, 0.25) is 0 Å². The molecular weight excluding hydrogens is 360 g/mol. The van der Waals surface area contributed by atoms with Crippen molar-refractivity contribution in [1.29, 1.82) is 0 Å². The topological polar surface area (TPSA) is 52.6 Å². The first-order valence-corrected chi connectivity index (χ1v) is 9.91. The molecule has 0 spiro atoms. The zero-order valence-corrected chi connectivity index (χ0v) is 16.9. The molecule has 0 aliphatic rings. The van der Waals surface area contributed by atoms with Crippen LogP contribution in [0.25, 0.3) is 20.2 Å². The standard InChI is InChI=1S/C22H24O4S/c1-5-22(3,4)21(24)26-11-10-25-17-13-14(2)12-16-19(23)15-8-6-7-9-18(15)27-20(16)17/h6-9,12-13H,5,10-11H2,1-4H3. The first-order chi connectivity index (χ1) is 12.8. The monoisotopic (exact) mass is 384 g/mol. The van der Waals surface area contributed by atoms with E-state index in [1.165, 1.54) is 0 Å². The third-order valence-electron chi connectivity index (χ3n) is 4.80. The SMILES string of the molecule is CCC(C)(C)C(=O)OCCOc1cc(C)cc2c(=O)c3ccccc3sc12. The average molecular weight is 384 g/mol. The van der Waals surface area contributed by atoms with Gasteiger partial charge in [0.05, 0.1) is 10.1 Å². The van der Waals surface area contributed by atoms with Crippen LogP contribution in [0.1, 0.15) is 32.8 Å². The Morgan fingerprint density at radius 3 is 2.59 bits per heavy atom. The van der Waals surface area contributed by atoms with Gasteiger partial charge in [0.1, 0.15) is 19.0 Å². The number of benzene rings is 2. The number of ether oxygens (including phenoxy) is 2. The van der Waals surface area contributed by atoms with Crippen molar-refractivity contribution in [2.24, 2.45) is 5.41 Å². The van der Waals surface area contributed by atoms with Gasteiger partial charge >= 0.3 is 5.97 Å². The van der Waals surface area contributed by atoms with Gasteiger partial charge in [-0.05, 0) is 57.0 Å². The van der Waals surface area contributed by atoms with Crippen LogP contribution in [0.5, 0.6) is 5.75 Å². The highest BCUT2D eigenvalue weighted by atomic mass is 32.1. The van der Waals surface area contributed by atoms with Crippen LogP contribution >= 0.6 is 11.3 Å². The zero-order valence-electron chi connectivity index (χ0n) is 16.1. The average Bonchev–Trinajstić information content (AvgIpc) is 2.66. The maximum atomic E-state index is 12.8. The molecule has 1 heterocycles. The summed E-state index contributed by atoms with van der Waals surface area (Å²) >= 11 is 1.54. The summed E-state index contributed by atoms with van der Waals surface area (Å²) in [6.07, 6.45) is 0.718. The van der Waals surface area contributed by atoms with Gasteiger partial charge in [0.15, 0.2) is 5.43 Å². The number of aryl methyl sites for hydroxylation is 1. The summed E-state index contributed by atoms with van der Waals surface area (Å²) in [4.78, 5) is 24.9. The van der Waals surface area contributed by atoms with Crippen LogP contribution in [0.4, 0.5) is 0 Å². The van der Waals surface area contributed by atoms with Crippen molar-refractivity contribution < 1.29 is 14.3 Å². The van der Waals surface area contributed by atoms with Crippen molar-refractivity contribution in [2.45, 2.75) is 34.1 Å². The van der Waals surface area contributed by atoms with E-state index in [-0.39, 0.29) is 24.6 Å². The minimum Gasteiger partial charge on any atom is -0.489 e. The predicted octanol–water partition coefficient (Wildman–Crippen LogP) is 5.08. The summed E-state index contributed by atoms with van der Waals surface area (Å²) in [7, 11) is 0. The van der Waals surface area contributed by atoms with Gasteiger partial charge in [-0.15, -0.1) is 11.3 Å². The van der Waals surface area contributed by atoms with Gasteiger partial charge < -0.3 is 9.47 Å². The number of esters is 1. The van der Waals surface area contributed by atoms with Gasteiger partial charge in [0, 0.05) is 15.5 Å². The molecule has 2 aromatic carbocycles. The van der Waals surface area contributed by atoms with Crippen LogP contribution in [0.3, 0.4) is 0 Å². The minimum atomic E-state index is -0.492. The number of carbonyl (C=O) groups is 1. The van der Waals surface area contributed by atoms with E-state index in [1.54, 1.807) is 11.3 Å². The Balaban J connectivity index is 1.85. The molecular formula is C22H24O4S. The number of rotatable bonds is 6. The number of fused-ring (bicyclic) bond motifs is 2. The van der Waals surface area contributed by atoms with Crippen molar-refractivity contribution in [3.63, 3.8) is 0 Å². The molecule has 0 aliphatic carbocycles. The van der Waals surface area contributed by atoms with E-state index in [2.05, 4.69) is 0 Å². The van der Waals surface area contributed by atoms with Crippen LogP contribution in [0, 0.1) is 12.3 Å². The van der Waals surface area contributed by atoms with Crippen molar-refractivity contribution in [2.75, 3.05) is 13.2 Å². The Hall–Kier alpha value is -2.40. The third-order valence-corrected chi connectivity index (χ3v) is 6.00. The highest BCUT2D eigenvalue weighted by Crippen LogP contribution is 2.33. The smallest absolute Gasteiger partial charge is 0.311 e. The summed E-state index contributed by atoms with van der Waals surface area (Å²) in [5.74, 6) is 0.432. The van der Waals surface area contributed by atoms with Crippen LogP contribution in [-0.2, 0) is 9.53 Å². The Morgan fingerprint density at radius 2 is 1.85 bits per heavy atom. The quantitative estimate of drug-likeness (QED) is 0.338. The first kappa shape index (κ1) is 19.4. The van der Waals surface area contributed by atoms with Gasteiger partial charge in [-0.25, -0.2) is 0 Å². The number of hydrogen-bond donors (Lipinski definition) is 0. The van der Waals surface area contributed by atoms with Crippen LogP contribution in [0.15, 0.2) is 41.2 Å². The van der Waals surface area contributed by atoms with Crippen molar-refractivity contribution in [1.82, 2.24) is 0 Å². The second-order valence-electron chi connectivity index (χ2n) is 7.29. The van der Waals surface area contributed by atoms with Crippen LogP contribution in [-0.4, -0.2) is 19.2 Å². The molecule has 4 nitrogen and oxygen atoms in total. The van der Waals surface area contributed by atoms with E-state index >= 15 is 0 Å². The summed E-state index contributed by atoms with van der Waals surface area (Å²) in [5, 5.41) is 1.39. The van der Waals surface area contributed by atoms with Gasteiger partial charge in [-0.1, -0.05) is 19.1 Å². The lowest BCUT2D eigenvalue weighted by molar-refractivity contribution is -0.154. The molecule has 0 aliphatic heterocycles. The molecule has 27 heavy (non-hydrogen) atoms. The second-order valence-corrected chi connectivity index (χ2v) is 8.34. The van der Waals surface area contributed by atoms with Crippen molar-refractivity contribution in [3.8, 4) is 5.75 Å². The maximum absolute atomic E-state index is 12.8. The fraction of sp³-hybridized carbons (Fsp3) is 0.364. The van der Waals surface area contributed by atoms with Crippen molar-refractivity contribution in [3.05, 3.63) is 52.2 Å². The van der Waals surface area contributed by atoms with Crippen LogP contribution in [0.2, 0.25) is 0 Å². The molecule has 0 radical (unpaired) electrons. The minimum absolute atomic E-state index is 0.0176. The third kappa shape index (κ3) is 3.98. The molecule has 0 saturated heterocycles. The maximum Gasteiger partial charge on any atom is 0.311 e. The molecule has 0 saturated carbocycles. The van der Waals surface area contributed by atoms with E-state index in [0.717, 1.165) is 26.8 Å². The van der Waals surface area contributed by atoms with Gasteiger partial charge in [-0.2, -0.15) is 0 Å². The van der Waals surface area contributed by atoms with E-state index in [9.17, 15) is 9.59 Å². The van der Waals surface area contributed by atoms with E-state index < -0.39 is 5.41 Å². The Labute approximate surface area is 162 Å². The second kappa shape index (κ2) is 7.69. The normalized spacial score (nSPS) is 11.7. The summed E-state index contributed by atoms with van der Waals surface area (Å²) < 4.78 is 13.0. The Bertz CT molecular complexity index is 1050. The fourth-order valence-electron chi connectivity index (χ4n) is 2.75. The summed E-state index contributed by atoms with van der Waals surface area (Å²) in [6, 6.07) is 11.4. The van der Waals surface area contributed by atoms with E-state index in [0.29, 0.717) is 11.1 Å². The summed E-state index contributed by atoms with van der Waals surface area (Å²) in [5.41, 5.74) is 0.485. The first-order valence-electron chi connectivity index (χ1n) is 9.09. The largest absolute Gasteiger partial charge is 0.489 e. The molecule has 3 aromatic rings. The highest BCUT2D eigenvalue weighted by molar-refractivity contribution is 7.24. The molecule has 1 aromatic heterocycles. The van der Waals surface area contributed by atoms with Gasteiger partial charge in [-0.3, -0.25) is 9.59 Å². The molecule has 0 N–H and O–H groups in total. The molecule has 142 valence electrons.